The first-order chi connectivity index (χ1) is 29.3. The van der Waals surface area contributed by atoms with Crippen molar-refractivity contribution in [2.45, 2.75) is 60.0 Å². The molecule has 2 aliphatic rings. The van der Waals surface area contributed by atoms with E-state index in [0.717, 1.165) is 122 Å². The van der Waals surface area contributed by atoms with Gasteiger partial charge >= 0.3 is 0 Å². The predicted octanol–water partition coefficient (Wildman–Crippen LogP) is 8.81. The number of ether oxygens (including phenoxy) is 1. The highest BCUT2D eigenvalue weighted by Gasteiger charge is 2.38. The molecule has 12 nitrogen and oxygen atoms in total. The van der Waals surface area contributed by atoms with Crippen LogP contribution in [-0.2, 0) is 27.1 Å². The van der Waals surface area contributed by atoms with Crippen molar-refractivity contribution in [3.63, 3.8) is 0 Å². The molecule has 0 bridgehead atoms. The normalized spacial score (nSPS) is 16.4. The maximum Gasteiger partial charge on any atom is 0.275 e. The minimum Gasteiger partial charge on any atom is -0.494 e. The van der Waals surface area contributed by atoms with Gasteiger partial charge in [-0.05, 0) is 108 Å². The summed E-state index contributed by atoms with van der Waals surface area (Å²) in [6, 6.07) is 14.4. The van der Waals surface area contributed by atoms with Gasteiger partial charge in [0.15, 0.2) is 5.82 Å². The minimum atomic E-state index is -0.0842. The molecule has 6 heterocycles. The molecule has 7 aromatic rings. The van der Waals surface area contributed by atoms with Crippen molar-refractivity contribution < 1.29 is 9.53 Å². The predicted molar refractivity (Wildman–Crippen MR) is 246 cm³/mol. The summed E-state index contributed by atoms with van der Waals surface area (Å²) in [7, 11) is 6.02. The lowest BCUT2D eigenvalue weighted by atomic mass is 9.98. The smallest absolute Gasteiger partial charge is 0.275 e. The average molecular weight is 862 g/mol. The molecular weight excluding hydrogens is 807 g/mol. The molecule has 4 aromatic heterocycles. The fraction of sp³-hybridized carbons (Fsp3) is 0.404. The molecular formula is C47H54Cl2N10O2. The van der Waals surface area contributed by atoms with E-state index in [0.29, 0.717) is 42.5 Å². The van der Waals surface area contributed by atoms with Crippen LogP contribution in [0.2, 0.25) is 10.0 Å². The Morgan fingerprint density at radius 2 is 1.62 bits per heavy atom. The van der Waals surface area contributed by atoms with E-state index < -0.39 is 0 Å². The Morgan fingerprint density at radius 3 is 2.31 bits per heavy atom. The first-order valence-electron chi connectivity index (χ1n) is 21.3. The minimum absolute atomic E-state index is 0.0321. The van der Waals surface area contributed by atoms with Gasteiger partial charge in [0, 0.05) is 110 Å². The number of anilines is 1. The number of likely N-dealkylation sites (N-methyl/N-ethyl adjacent to an activating group) is 1. The van der Waals surface area contributed by atoms with Crippen LogP contribution in [0.15, 0.2) is 55.0 Å². The average Bonchev–Trinajstić information content (AvgIpc) is 3.99. The molecule has 3 aromatic carbocycles. The highest BCUT2D eigenvalue weighted by Crippen LogP contribution is 2.46. The standard InChI is InChI=1S/C47H54Cl2N10O2/c1-28-22-34(23-29(2)43(28)49)61-21-9-10-35-36-12-13-38(48)42(41-31(4)51-55(8)32(41)5)44(36)59-30(3)25-58(47(60)45(35)59)40-26-57(20-19-56-17-15-53(6)16-18-56)39-14-11-33(24-37(39)40)46-50-27-54(7)52-46/h11-14,22-24,26-27,30H,9-10,15-21,25H2,1-8H3. The number of hydrogen-bond donors (Lipinski definition) is 0. The summed E-state index contributed by atoms with van der Waals surface area (Å²) >= 11 is 13.7. The van der Waals surface area contributed by atoms with Gasteiger partial charge < -0.3 is 23.7 Å². The molecule has 0 radical (unpaired) electrons. The second kappa shape index (κ2) is 16.3. The maximum absolute atomic E-state index is 15.6. The van der Waals surface area contributed by atoms with Crippen molar-refractivity contribution in [1.29, 1.82) is 0 Å². The van der Waals surface area contributed by atoms with Gasteiger partial charge in [0.2, 0.25) is 0 Å². The summed E-state index contributed by atoms with van der Waals surface area (Å²) in [5.41, 5.74) is 11.3. The van der Waals surface area contributed by atoms with Gasteiger partial charge in [0.05, 0.1) is 34.0 Å². The number of benzene rings is 3. The van der Waals surface area contributed by atoms with Crippen LogP contribution in [0.1, 0.15) is 58.0 Å². The molecule has 1 saturated heterocycles. The fourth-order valence-corrected chi connectivity index (χ4v) is 9.90. The van der Waals surface area contributed by atoms with Gasteiger partial charge in [-0.2, -0.15) is 10.2 Å². The number of amides is 1. The third-order valence-corrected chi connectivity index (χ3v) is 13.7. The summed E-state index contributed by atoms with van der Waals surface area (Å²) < 4.78 is 14.5. The van der Waals surface area contributed by atoms with Gasteiger partial charge in [0.1, 0.15) is 17.8 Å². The van der Waals surface area contributed by atoms with Crippen LogP contribution in [0.25, 0.3) is 44.3 Å². The lowest BCUT2D eigenvalue weighted by Gasteiger charge is -2.34. The van der Waals surface area contributed by atoms with Crippen molar-refractivity contribution in [1.82, 2.24) is 43.5 Å². The molecule has 1 atom stereocenters. The maximum atomic E-state index is 15.6. The summed E-state index contributed by atoms with van der Waals surface area (Å²) in [5, 5.41) is 12.8. The van der Waals surface area contributed by atoms with E-state index in [1.54, 1.807) is 11.0 Å². The number of carbonyl (C=O) groups excluding carboxylic acids is 1. The number of aromatic nitrogens is 7. The Labute approximate surface area is 367 Å². The van der Waals surface area contributed by atoms with Crippen molar-refractivity contribution in [3.05, 3.63) is 98.8 Å². The van der Waals surface area contributed by atoms with Crippen LogP contribution in [0, 0.1) is 27.7 Å². The zero-order valence-electron chi connectivity index (χ0n) is 36.4. The zero-order valence-corrected chi connectivity index (χ0v) is 37.9. The number of hydrogen-bond acceptors (Lipinski definition) is 7. The Bertz CT molecular complexity index is 2800. The summed E-state index contributed by atoms with van der Waals surface area (Å²) in [6.07, 6.45) is 5.23. The second-order valence-electron chi connectivity index (χ2n) is 17.1. The SMILES string of the molecule is Cc1cc(OCCCc2c3n(c4c(-c5c(C)nn(C)c5C)c(Cl)ccc24)C(C)CN(c2cn(CCN4CCN(C)CC4)c4ccc(-c5ncn(C)n5)cc24)C3=O)cc(C)c1Cl. The first-order valence-corrected chi connectivity index (χ1v) is 22.0. The van der Waals surface area contributed by atoms with E-state index in [9.17, 15) is 0 Å². The first kappa shape index (κ1) is 41.2. The number of rotatable bonds is 11. The molecule has 1 unspecified atom stereocenters. The Morgan fingerprint density at radius 1 is 0.869 bits per heavy atom. The number of fused-ring (bicyclic) bond motifs is 4. The topological polar surface area (TPSA) is 94.4 Å². The van der Waals surface area contributed by atoms with Crippen LogP contribution in [0.3, 0.4) is 0 Å². The molecule has 0 saturated carbocycles. The molecule has 61 heavy (non-hydrogen) atoms. The van der Waals surface area contributed by atoms with Crippen LogP contribution < -0.4 is 9.64 Å². The largest absolute Gasteiger partial charge is 0.494 e. The lowest BCUT2D eigenvalue weighted by molar-refractivity contribution is 0.0957. The Balaban J connectivity index is 1.16. The summed E-state index contributed by atoms with van der Waals surface area (Å²) in [5.74, 6) is 1.41. The van der Waals surface area contributed by atoms with E-state index >= 15 is 4.79 Å². The highest BCUT2D eigenvalue weighted by molar-refractivity contribution is 6.35. The molecule has 0 spiro atoms. The lowest BCUT2D eigenvalue weighted by Crippen LogP contribution is -2.45. The zero-order chi connectivity index (χ0) is 42.9. The molecule has 0 aliphatic carbocycles. The molecule has 2 aliphatic heterocycles. The number of aryl methyl sites for hydroxylation is 6. The van der Waals surface area contributed by atoms with Crippen molar-refractivity contribution >= 4 is 56.6 Å². The van der Waals surface area contributed by atoms with E-state index in [-0.39, 0.29) is 11.9 Å². The van der Waals surface area contributed by atoms with E-state index in [4.69, 9.17) is 33.0 Å². The third-order valence-electron chi connectivity index (χ3n) is 12.8. The van der Waals surface area contributed by atoms with Crippen molar-refractivity contribution in [2.24, 2.45) is 14.1 Å². The highest BCUT2D eigenvalue weighted by atomic mass is 35.5. The molecule has 1 fully saturated rings. The third kappa shape index (κ3) is 7.41. The second-order valence-corrected chi connectivity index (χ2v) is 17.9. The Kier molecular flexibility index (Phi) is 11.0. The van der Waals surface area contributed by atoms with Gasteiger partial charge in [-0.3, -0.25) is 19.1 Å². The van der Waals surface area contributed by atoms with Gasteiger partial charge in [-0.25, -0.2) is 4.98 Å². The van der Waals surface area contributed by atoms with E-state index in [1.807, 2.05) is 62.6 Å². The summed E-state index contributed by atoms with van der Waals surface area (Å²) in [4.78, 5) is 27.1. The summed E-state index contributed by atoms with van der Waals surface area (Å²) in [6.45, 7) is 17.2. The van der Waals surface area contributed by atoms with Crippen LogP contribution in [0.4, 0.5) is 5.69 Å². The van der Waals surface area contributed by atoms with Crippen molar-refractivity contribution in [2.75, 3.05) is 57.8 Å². The Hall–Kier alpha value is -5.14. The number of piperazine rings is 1. The monoisotopic (exact) mass is 860 g/mol. The van der Waals surface area contributed by atoms with Crippen molar-refractivity contribution in [3.8, 4) is 28.3 Å². The number of nitrogens with zero attached hydrogens (tertiary/aromatic N) is 10. The molecule has 9 rings (SSSR count). The fourth-order valence-electron chi connectivity index (χ4n) is 9.55. The number of carbonyl (C=O) groups is 1. The quantitative estimate of drug-likeness (QED) is 0.120. The molecule has 318 valence electrons. The molecule has 1 amide bonds. The molecule has 0 N–H and O–H groups in total. The van der Waals surface area contributed by atoms with Gasteiger partial charge in [-0.1, -0.05) is 29.3 Å². The molecule has 14 heteroatoms. The van der Waals surface area contributed by atoms with Crippen LogP contribution >= 0.6 is 23.2 Å². The number of halogens is 2. The van der Waals surface area contributed by atoms with Gasteiger partial charge in [0.25, 0.3) is 5.91 Å². The van der Waals surface area contributed by atoms with E-state index in [2.05, 4.69) is 80.4 Å². The van der Waals surface area contributed by atoms with E-state index in [1.165, 1.54) is 0 Å². The van der Waals surface area contributed by atoms with Gasteiger partial charge in [-0.15, -0.1) is 0 Å². The van der Waals surface area contributed by atoms with Crippen LogP contribution in [-0.4, -0.2) is 102 Å². The van der Waals surface area contributed by atoms with Crippen LogP contribution in [0.5, 0.6) is 5.75 Å².